The third-order valence-corrected chi connectivity index (χ3v) is 3.41. The van der Waals surface area contributed by atoms with Crippen molar-refractivity contribution in [1.29, 1.82) is 0 Å². The van der Waals surface area contributed by atoms with Gasteiger partial charge in [0.25, 0.3) is 0 Å². The highest BCUT2D eigenvalue weighted by Gasteiger charge is 2.09. The van der Waals surface area contributed by atoms with Crippen LogP contribution in [0.3, 0.4) is 0 Å². The summed E-state index contributed by atoms with van der Waals surface area (Å²) in [5.41, 5.74) is 0. The maximum absolute atomic E-state index is 5.45. The molecule has 1 atom stereocenters. The summed E-state index contributed by atoms with van der Waals surface area (Å²) < 4.78 is 5.45. The third kappa shape index (κ3) is 7.74. The van der Waals surface area contributed by atoms with Crippen LogP contribution in [0, 0.1) is 5.92 Å². The number of rotatable bonds is 7. The molecule has 1 rings (SSSR count). The molecule has 1 heterocycles. The molecule has 0 bridgehead atoms. The van der Waals surface area contributed by atoms with Crippen LogP contribution < -0.4 is 5.32 Å². The van der Waals surface area contributed by atoms with E-state index in [2.05, 4.69) is 31.0 Å². The summed E-state index contributed by atoms with van der Waals surface area (Å²) in [5.74, 6) is 0.821. The van der Waals surface area contributed by atoms with E-state index in [1.807, 2.05) is 0 Å². The molecule has 0 aromatic heterocycles. The van der Waals surface area contributed by atoms with Crippen molar-refractivity contribution in [3.8, 4) is 0 Å². The second-order valence-corrected chi connectivity index (χ2v) is 5.63. The highest BCUT2D eigenvalue weighted by atomic mass is 16.5. The SMILES string of the molecule is CC(C)CCC(C)NCCN1CCCOCC1. The van der Waals surface area contributed by atoms with Crippen molar-refractivity contribution >= 4 is 0 Å². The lowest BCUT2D eigenvalue weighted by Crippen LogP contribution is -2.37. The Morgan fingerprint density at radius 2 is 1.94 bits per heavy atom. The summed E-state index contributed by atoms with van der Waals surface area (Å²) in [6.45, 7) is 13.3. The minimum atomic E-state index is 0.653. The van der Waals surface area contributed by atoms with Crippen LogP contribution >= 0.6 is 0 Å². The standard InChI is InChI=1S/C14H30N2O/c1-13(2)5-6-14(3)15-7-9-16-8-4-11-17-12-10-16/h13-15H,4-12H2,1-3H3. The number of nitrogens with one attached hydrogen (secondary N) is 1. The molecule has 17 heavy (non-hydrogen) atoms. The van der Waals surface area contributed by atoms with E-state index in [1.54, 1.807) is 0 Å². The van der Waals surface area contributed by atoms with Crippen molar-refractivity contribution in [2.75, 3.05) is 39.4 Å². The molecule has 1 aliphatic rings. The Morgan fingerprint density at radius 1 is 1.12 bits per heavy atom. The van der Waals surface area contributed by atoms with Crippen LogP contribution in [0.4, 0.5) is 0 Å². The van der Waals surface area contributed by atoms with Crippen LogP contribution in [0.1, 0.15) is 40.0 Å². The number of ether oxygens (including phenoxy) is 1. The first-order valence-corrected chi connectivity index (χ1v) is 7.22. The van der Waals surface area contributed by atoms with E-state index < -0.39 is 0 Å². The van der Waals surface area contributed by atoms with E-state index in [0.29, 0.717) is 6.04 Å². The van der Waals surface area contributed by atoms with Crippen molar-refractivity contribution in [1.82, 2.24) is 10.2 Å². The minimum Gasteiger partial charge on any atom is -0.380 e. The summed E-state index contributed by atoms with van der Waals surface area (Å²) in [6.07, 6.45) is 3.80. The Kier molecular flexibility index (Phi) is 7.82. The van der Waals surface area contributed by atoms with E-state index in [4.69, 9.17) is 4.74 Å². The highest BCUT2D eigenvalue weighted by Crippen LogP contribution is 2.06. The zero-order valence-electron chi connectivity index (χ0n) is 11.9. The fraction of sp³-hybridized carbons (Fsp3) is 1.00. The van der Waals surface area contributed by atoms with Crippen LogP contribution in [0.5, 0.6) is 0 Å². The second kappa shape index (κ2) is 8.90. The first-order valence-electron chi connectivity index (χ1n) is 7.22. The molecular weight excluding hydrogens is 212 g/mol. The van der Waals surface area contributed by atoms with Gasteiger partial charge in [-0.1, -0.05) is 13.8 Å². The van der Waals surface area contributed by atoms with Crippen molar-refractivity contribution in [3.63, 3.8) is 0 Å². The molecule has 0 aromatic rings. The number of hydrogen-bond acceptors (Lipinski definition) is 3. The molecule has 0 aliphatic carbocycles. The first kappa shape index (κ1) is 14.9. The van der Waals surface area contributed by atoms with Crippen molar-refractivity contribution in [2.45, 2.75) is 46.1 Å². The third-order valence-electron chi connectivity index (χ3n) is 3.41. The Morgan fingerprint density at radius 3 is 2.71 bits per heavy atom. The normalized spacial score (nSPS) is 20.5. The van der Waals surface area contributed by atoms with Crippen LogP contribution in [-0.4, -0.2) is 50.3 Å². The quantitative estimate of drug-likeness (QED) is 0.740. The van der Waals surface area contributed by atoms with E-state index in [9.17, 15) is 0 Å². The lowest BCUT2D eigenvalue weighted by atomic mass is 10.0. The molecule has 1 fully saturated rings. The molecule has 102 valence electrons. The lowest BCUT2D eigenvalue weighted by molar-refractivity contribution is 0.141. The fourth-order valence-corrected chi connectivity index (χ4v) is 2.18. The zero-order chi connectivity index (χ0) is 12.5. The predicted octanol–water partition coefficient (Wildman–Crippen LogP) is 2.12. The Hall–Kier alpha value is -0.120. The topological polar surface area (TPSA) is 24.5 Å². The lowest BCUT2D eigenvalue weighted by Gasteiger charge is -2.21. The fourth-order valence-electron chi connectivity index (χ4n) is 2.18. The van der Waals surface area contributed by atoms with E-state index >= 15 is 0 Å². The second-order valence-electron chi connectivity index (χ2n) is 5.63. The minimum absolute atomic E-state index is 0.653. The van der Waals surface area contributed by atoms with Gasteiger partial charge in [-0.15, -0.1) is 0 Å². The van der Waals surface area contributed by atoms with Crippen LogP contribution in [0.15, 0.2) is 0 Å². The van der Waals surface area contributed by atoms with Gasteiger partial charge >= 0.3 is 0 Å². The molecule has 1 N–H and O–H groups in total. The van der Waals surface area contributed by atoms with Crippen molar-refractivity contribution in [3.05, 3.63) is 0 Å². The number of nitrogens with zero attached hydrogens (tertiary/aromatic N) is 1. The van der Waals surface area contributed by atoms with E-state index in [1.165, 1.54) is 25.8 Å². The zero-order valence-corrected chi connectivity index (χ0v) is 11.9. The Labute approximate surface area is 107 Å². The molecule has 0 spiro atoms. The van der Waals surface area contributed by atoms with Crippen molar-refractivity contribution in [2.24, 2.45) is 5.92 Å². The van der Waals surface area contributed by atoms with E-state index in [0.717, 1.165) is 38.8 Å². The molecule has 0 aromatic carbocycles. The number of hydrogen-bond donors (Lipinski definition) is 1. The van der Waals surface area contributed by atoms with Gasteiger partial charge in [0.15, 0.2) is 0 Å². The molecule has 3 heteroatoms. The molecule has 0 radical (unpaired) electrons. The summed E-state index contributed by atoms with van der Waals surface area (Å²) >= 11 is 0. The monoisotopic (exact) mass is 242 g/mol. The summed E-state index contributed by atoms with van der Waals surface area (Å²) in [5, 5.41) is 3.62. The van der Waals surface area contributed by atoms with Gasteiger partial charge in [-0.25, -0.2) is 0 Å². The van der Waals surface area contributed by atoms with Gasteiger partial charge in [0.2, 0.25) is 0 Å². The van der Waals surface area contributed by atoms with Gasteiger partial charge in [-0.05, 0) is 32.1 Å². The molecule has 1 unspecified atom stereocenters. The van der Waals surface area contributed by atoms with Crippen LogP contribution in [0.2, 0.25) is 0 Å². The largest absolute Gasteiger partial charge is 0.380 e. The highest BCUT2D eigenvalue weighted by molar-refractivity contribution is 4.66. The molecule has 1 aliphatic heterocycles. The smallest absolute Gasteiger partial charge is 0.0593 e. The first-order chi connectivity index (χ1) is 8.18. The maximum Gasteiger partial charge on any atom is 0.0593 e. The summed E-state index contributed by atoms with van der Waals surface area (Å²) in [7, 11) is 0. The average molecular weight is 242 g/mol. The van der Waals surface area contributed by atoms with Gasteiger partial charge in [0.05, 0.1) is 6.61 Å². The molecule has 0 saturated carbocycles. The van der Waals surface area contributed by atoms with Gasteiger partial charge in [-0.3, -0.25) is 4.90 Å². The molecule has 3 nitrogen and oxygen atoms in total. The van der Waals surface area contributed by atoms with Crippen LogP contribution in [0.25, 0.3) is 0 Å². The average Bonchev–Trinajstić information content (AvgIpc) is 2.55. The predicted molar refractivity (Wildman–Crippen MR) is 73.4 cm³/mol. The maximum atomic E-state index is 5.45. The van der Waals surface area contributed by atoms with Gasteiger partial charge in [-0.2, -0.15) is 0 Å². The summed E-state index contributed by atoms with van der Waals surface area (Å²) in [4.78, 5) is 2.51. The Balaban J connectivity index is 2.01. The summed E-state index contributed by atoms with van der Waals surface area (Å²) in [6, 6.07) is 0.653. The van der Waals surface area contributed by atoms with Crippen LogP contribution in [-0.2, 0) is 4.74 Å². The van der Waals surface area contributed by atoms with Crippen molar-refractivity contribution < 1.29 is 4.74 Å². The molecular formula is C14H30N2O. The molecule has 1 saturated heterocycles. The van der Waals surface area contributed by atoms with Gasteiger partial charge in [0, 0.05) is 38.8 Å². The molecule has 0 amide bonds. The van der Waals surface area contributed by atoms with E-state index in [-0.39, 0.29) is 0 Å². The van der Waals surface area contributed by atoms with Gasteiger partial charge in [0.1, 0.15) is 0 Å². The van der Waals surface area contributed by atoms with Gasteiger partial charge < -0.3 is 10.1 Å². The Bertz CT molecular complexity index is 177.